The van der Waals surface area contributed by atoms with Gasteiger partial charge in [-0.1, -0.05) is 44.2 Å². The number of nitrogens with one attached hydrogen (secondary N) is 2. The third-order valence-electron chi connectivity index (χ3n) is 4.48. The number of hydrogen-bond donors (Lipinski definition) is 2. The number of carbonyl (C=O) groups is 1. The van der Waals surface area contributed by atoms with Gasteiger partial charge in [-0.2, -0.15) is 0 Å². The molecule has 0 fully saturated rings. The number of rotatable bonds is 10. The first-order valence-electron chi connectivity index (χ1n) is 10.3. The van der Waals surface area contributed by atoms with Crippen molar-refractivity contribution in [2.45, 2.75) is 20.3 Å². The van der Waals surface area contributed by atoms with Gasteiger partial charge in [0.2, 0.25) is 11.6 Å². The normalized spacial score (nSPS) is 10.6. The zero-order chi connectivity index (χ0) is 22.9. The molecule has 9 nitrogen and oxygen atoms in total. The Morgan fingerprint density at radius 1 is 1.06 bits per heavy atom. The van der Waals surface area contributed by atoms with Gasteiger partial charge in [0.15, 0.2) is 0 Å². The summed E-state index contributed by atoms with van der Waals surface area (Å²) in [6, 6.07) is 16.3. The molecule has 32 heavy (non-hydrogen) atoms. The predicted molar refractivity (Wildman–Crippen MR) is 122 cm³/mol. The summed E-state index contributed by atoms with van der Waals surface area (Å²) in [6.45, 7) is 4.74. The molecule has 0 saturated heterocycles. The van der Waals surface area contributed by atoms with E-state index in [2.05, 4.69) is 20.6 Å². The van der Waals surface area contributed by atoms with E-state index >= 15 is 0 Å². The summed E-state index contributed by atoms with van der Waals surface area (Å²) in [5, 5.41) is 17.7. The van der Waals surface area contributed by atoms with E-state index in [1.165, 1.54) is 6.33 Å². The van der Waals surface area contributed by atoms with Crippen LogP contribution in [-0.2, 0) is 11.2 Å². The van der Waals surface area contributed by atoms with Crippen LogP contribution in [0.25, 0.3) is 0 Å². The summed E-state index contributed by atoms with van der Waals surface area (Å²) in [5.74, 6) is 0.0246. The largest absolute Gasteiger partial charge is 0.462 e. The van der Waals surface area contributed by atoms with Gasteiger partial charge in [0, 0.05) is 12.2 Å². The maximum absolute atomic E-state index is 12.0. The van der Waals surface area contributed by atoms with Gasteiger partial charge < -0.3 is 15.4 Å². The Morgan fingerprint density at radius 3 is 2.41 bits per heavy atom. The highest BCUT2D eigenvalue weighted by atomic mass is 16.6. The lowest BCUT2D eigenvalue weighted by Crippen LogP contribution is -2.11. The highest BCUT2D eigenvalue weighted by Gasteiger charge is 2.23. The second-order valence-corrected chi connectivity index (χ2v) is 7.53. The van der Waals surface area contributed by atoms with Crippen molar-refractivity contribution < 1.29 is 14.5 Å². The van der Waals surface area contributed by atoms with E-state index in [1.807, 2.05) is 44.2 Å². The molecule has 0 aliphatic rings. The molecule has 166 valence electrons. The molecule has 0 atom stereocenters. The smallest absolute Gasteiger partial charge is 0.353 e. The van der Waals surface area contributed by atoms with Crippen molar-refractivity contribution in [3.05, 3.63) is 82.2 Å². The Morgan fingerprint density at radius 2 is 1.75 bits per heavy atom. The lowest BCUT2D eigenvalue weighted by Gasteiger charge is -2.11. The average molecular weight is 435 g/mol. The van der Waals surface area contributed by atoms with Crippen LogP contribution in [0, 0.1) is 16.0 Å². The summed E-state index contributed by atoms with van der Waals surface area (Å²) in [7, 11) is 0. The molecule has 0 unspecified atom stereocenters. The minimum absolute atomic E-state index is 0.0577. The van der Waals surface area contributed by atoms with Crippen molar-refractivity contribution in [1.82, 2.24) is 9.97 Å². The van der Waals surface area contributed by atoms with Crippen molar-refractivity contribution in [1.29, 1.82) is 0 Å². The first kappa shape index (κ1) is 22.7. The van der Waals surface area contributed by atoms with Gasteiger partial charge in [-0.15, -0.1) is 0 Å². The molecule has 2 aromatic carbocycles. The van der Waals surface area contributed by atoms with Crippen LogP contribution >= 0.6 is 0 Å². The van der Waals surface area contributed by atoms with Crippen molar-refractivity contribution in [3.63, 3.8) is 0 Å². The second kappa shape index (κ2) is 10.9. The summed E-state index contributed by atoms with van der Waals surface area (Å²) < 4.78 is 5.21. The minimum atomic E-state index is -0.523. The number of nitro groups is 1. The Bertz CT molecular complexity index is 1060. The van der Waals surface area contributed by atoms with Crippen LogP contribution in [0.15, 0.2) is 60.9 Å². The van der Waals surface area contributed by atoms with Crippen molar-refractivity contribution in [2.75, 3.05) is 23.8 Å². The fraction of sp³-hybridized carbons (Fsp3) is 0.261. The van der Waals surface area contributed by atoms with Crippen LogP contribution in [0.5, 0.6) is 0 Å². The Balaban J connectivity index is 1.70. The Kier molecular flexibility index (Phi) is 7.69. The van der Waals surface area contributed by atoms with E-state index in [0.717, 1.165) is 5.56 Å². The predicted octanol–water partition coefficient (Wildman–Crippen LogP) is 4.60. The number of aromatic nitrogens is 2. The Hall–Kier alpha value is -4.01. The van der Waals surface area contributed by atoms with Gasteiger partial charge in [-0.3, -0.25) is 10.1 Å². The third-order valence-corrected chi connectivity index (χ3v) is 4.48. The summed E-state index contributed by atoms with van der Waals surface area (Å²) in [4.78, 5) is 31.3. The zero-order valence-electron chi connectivity index (χ0n) is 17.9. The van der Waals surface area contributed by atoms with Crippen molar-refractivity contribution >= 4 is 29.0 Å². The van der Waals surface area contributed by atoms with E-state index in [9.17, 15) is 14.9 Å². The summed E-state index contributed by atoms with van der Waals surface area (Å²) >= 11 is 0. The topological polar surface area (TPSA) is 119 Å². The number of esters is 1. The molecule has 3 aromatic rings. The monoisotopic (exact) mass is 435 g/mol. The van der Waals surface area contributed by atoms with Crippen LogP contribution < -0.4 is 10.6 Å². The van der Waals surface area contributed by atoms with Gasteiger partial charge in [-0.05, 0) is 42.2 Å². The maximum Gasteiger partial charge on any atom is 0.353 e. The molecule has 0 aliphatic carbocycles. The highest BCUT2D eigenvalue weighted by molar-refractivity contribution is 5.90. The number of hydrogen-bond acceptors (Lipinski definition) is 8. The number of nitrogens with zero attached hydrogens (tertiary/aromatic N) is 3. The SMILES string of the molecule is CC(C)COC(=O)c1ccc(Nc2ncnc(NCCc3ccccc3)c2[N+](=O)[O-])cc1. The second-order valence-electron chi connectivity index (χ2n) is 7.53. The summed E-state index contributed by atoms with van der Waals surface area (Å²) in [6.07, 6.45) is 1.96. The molecular weight excluding hydrogens is 410 g/mol. The molecule has 9 heteroatoms. The Labute approximate surface area is 186 Å². The molecule has 2 N–H and O–H groups in total. The molecule has 0 radical (unpaired) electrons. The number of carbonyl (C=O) groups excluding carboxylic acids is 1. The standard InChI is InChI=1S/C23H25N5O4/c1-16(2)14-32-23(29)18-8-10-19(11-9-18)27-22-20(28(30)31)21(25-15-26-22)24-13-12-17-6-4-3-5-7-17/h3-11,15-16H,12-14H2,1-2H3,(H2,24,25,26,27). The minimum Gasteiger partial charge on any atom is -0.462 e. The van der Waals surface area contributed by atoms with Gasteiger partial charge in [-0.25, -0.2) is 14.8 Å². The fourth-order valence-electron chi connectivity index (χ4n) is 2.89. The quantitative estimate of drug-likeness (QED) is 0.269. The number of anilines is 3. The van der Waals surface area contributed by atoms with Crippen molar-refractivity contribution in [2.24, 2.45) is 5.92 Å². The van der Waals surface area contributed by atoms with E-state index in [4.69, 9.17) is 4.74 Å². The lowest BCUT2D eigenvalue weighted by atomic mass is 10.1. The van der Waals surface area contributed by atoms with Gasteiger partial charge in [0.05, 0.1) is 17.1 Å². The van der Waals surface area contributed by atoms with E-state index in [1.54, 1.807) is 24.3 Å². The third kappa shape index (κ3) is 6.24. The number of ether oxygens (including phenoxy) is 1. The molecule has 3 rings (SSSR count). The summed E-state index contributed by atoms with van der Waals surface area (Å²) in [5.41, 5.74) is 1.81. The average Bonchev–Trinajstić information content (AvgIpc) is 2.78. The van der Waals surface area contributed by atoms with E-state index < -0.39 is 10.9 Å². The van der Waals surface area contributed by atoms with Gasteiger partial charge >= 0.3 is 11.7 Å². The maximum atomic E-state index is 12.0. The molecular formula is C23H25N5O4. The lowest BCUT2D eigenvalue weighted by molar-refractivity contribution is -0.383. The van der Waals surface area contributed by atoms with Crippen LogP contribution in [0.1, 0.15) is 29.8 Å². The van der Waals surface area contributed by atoms with Crippen LogP contribution in [0.2, 0.25) is 0 Å². The molecule has 0 amide bonds. The molecule has 1 aromatic heterocycles. The fourth-order valence-corrected chi connectivity index (χ4v) is 2.89. The van der Waals surface area contributed by atoms with Gasteiger partial charge in [0.1, 0.15) is 6.33 Å². The first-order valence-corrected chi connectivity index (χ1v) is 10.3. The first-order chi connectivity index (χ1) is 15.4. The van der Waals surface area contributed by atoms with Crippen LogP contribution in [0.4, 0.5) is 23.0 Å². The van der Waals surface area contributed by atoms with E-state index in [-0.39, 0.29) is 23.2 Å². The molecule has 0 spiro atoms. The van der Waals surface area contributed by atoms with Crippen LogP contribution in [-0.4, -0.2) is 34.0 Å². The van der Waals surface area contributed by atoms with Crippen molar-refractivity contribution in [3.8, 4) is 0 Å². The van der Waals surface area contributed by atoms with E-state index in [0.29, 0.717) is 30.8 Å². The highest BCUT2D eigenvalue weighted by Crippen LogP contribution is 2.31. The molecule has 0 aliphatic heterocycles. The number of benzene rings is 2. The zero-order valence-corrected chi connectivity index (χ0v) is 17.9. The van der Waals surface area contributed by atoms with Gasteiger partial charge in [0.25, 0.3) is 0 Å². The molecule has 0 saturated carbocycles. The molecule has 1 heterocycles. The van der Waals surface area contributed by atoms with Crippen LogP contribution in [0.3, 0.4) is 0 Å². The molecule has 0 bridgehead atoms.